The second-order valence-corrected chi connectivity index (χ2v) is 6.58. The van der Waals surface area contributed by atoms with Crippen molar-refractivity contribution in [2.45, 2.75) is 17.3 Å². The highest BCUT2D eigenvalue weighted by molar-refractivity contribution is 8.00. The van der Waals surface area contributed by atoms with Gasteiger partial charge in [0.1, 0.15) is 0 Å². The minimum absolute atomic E-state index is 0.0605. The van der Waals surface area contributed by atoms with E-state index in [9.17, 15) is 4.79 Å². The molecule has 1 heterocycles. The highest BCUT2D eigenvalue weighted by Gasteiger charge is 2.16. The van der Waals surface area contributed by atoms with E-state index in [1.54, 1.807) is 6.07 Å². The van der Waals surface area contributed by atoms with E-state index in [1.807, 2.05) is 49.4 Å². The Morgan fingerprint density at radius 1 is 1.27 bits per heavy atom. The number of carbonyl (C=O) groups excluding carboxylic acids is 1. The molecular formula is C16H14ClN3OS. The fourth-order valence-corrected chi connectivity index (χ4v) is 2.99. The lowest BCUT2D eigenvalue weighted by molar-refractivity contribution is -0.115. The molecule has 1 aromatic heterocycles. The predicted molar refractivity (Wildman–Crippen MR) is 91.5 cm³/mol. The molecule has 0 fully saturated rings. The SMILES string of the molecule is CC(Sc1nc2ccc(Cl)cc2[nH]1)C(=O)Nc1ccccc1. The van der Waals surface area contributed by atoms with Gasteiger partial charge in [-0.05, 0) is 37.3 Å². The van der Waals surface area contributed by atoms with Gasteiger partial charge in [-0.3, -0.25) is 4.79 Å². The van der Waals surface area contributed by atoms with Gasteiger partial charge in [-0.1, -0.05) is 41.6 Å². The number of nitrogens with zero attached hydrogens (tertiary/aromatic N) is 1. The van der Waals surface area contributed by atoms with Crippen LogP contribution in [0.25, 0.3) is 11.0 Å². The summed E-state index contributed by atoms with van der Waals surface area (Å²) in [5.41, 5.74) is 2.49. The number of benzene rings is 2. The maximum Gasteiger partial charge on any atom is 0.237 e. The monoisotopic (exact) mass is 331 g/mol. The number of nitrogens with one attached hydrogen (secondary N) is 2. The van der Waals surface area contributed by atoms with Gasteiger partial charge >= 0.3 is 0 Å². The normalized spacial score (nSPS) is 12.3. The zero-order valence-electron chi connectivity index (χ0n) is 11.8. The molecule has 0 aliphatic rings. The Hall–Kier alpha value is -1.98. The minimum atomic E-state index is -0.267. The maximum atomic E-state index is 12.2. The summed E-state index contributed by atoms with van der Waals surface area (Å²) in [6, 6.07) is 14.9. The number of para-hydroxylation sites is 1. The van der Waals surface area contributed by atoms with Crippen LogP contribution < -0.4 is 5.32 Å². The molecule has 0 aliphatic carbocycles. The minimum Gasteiger partial charge on any atom is -0.333 e. The first-order valence-electron chi connectivity index (χ1n) is 6.79. The standard InChI is InChI=1S/C16H14ClN3OS/c1-10(15(21)18-12-5-3-2-4-6-12)22-16-19-13-8-7-11(17)9-14(13)20-16/h2-10H,1H3,(H,18,21)(H,19,20). The van der Waals surface area contributed by atoms with Gasteiger partial charge in [0.25, 0.3) is 0 Å². The number of thioether (sulfide) groups is 1. The predicted octanol–water partition coefficient (Wildman–Crippen LogP) is 4.34. The second-order valence-electron chi connectivity index (χ2n) is 4.82. The number of carbonyl (C=O) groups is 1. The number of imidazole rings is 1. The van der Waals surface area contributed by atoms with E-state index >= 15 is 0 Å². The Morgan fingerprint density at radius 2 is 2.05 bits per heavy atom. The Kier molecular flexibility index (Phi) is 4.36. The van der Waals surface area contributed by atoms with Crippen LogP contribution in [0.2, 0.25) is 5.02 Å². The highest BCUT2D eigenvalue weighted by atomic mass is 35.5. The molecule has 6 heteroatoms. The molecule has 1 atom stereocenters. The number of aromatic nitrogens is 2. The number of aromatic amines is 1. The molecule has 0 spiro atoms. The molecule has 1 amide bonds. The van der Waals surface area contributed by atoms with Gasteiger partial charge in [0.15, 0.2) is 5.16 Å². The third kappa shape index (κ3) is 3.43. The van der Waals surface area contributed by atoms with E-state index in [-0.39, 0.29) is 11.2 Å². The first-order valence-corrected chi connectivity index (χ1v) is 8.05. The van der Waals surface area contributed by atoms with E-state index in [2.05, 4.69) is 15.3 Å². The average Bonchev–Trinajstić information content (AvgIpc) is 2.89. The second kappa shape index (κ2) is 6.42. The number of H-pyrrole nitrogens is 1. The van der Waals surface area contributed by atoms with Crippen molar-refractivity contribution >= 4 is 46.0 Å². The van der Waals surface area contributed by atoms with Crippen molar-refractivity contribution in [3.8, 4) is 0 Å². The summed E-state index contributed by atoms with van der Waals surface area (Å²) in [6.07, 6.45) is 0. The smallest absolute Gasteiger partial charge is 0.237 e. The van der Waals surface area contributed by atoms with Crippen LogP contribution in [0.3, 0.4) is 0 Å². The first-order chi connectivity index (χ1) is 10.6. The Bertz CT molecular complexity index is 804. The Morgan fingerprint density at radius 3 is 2.82 bits per heavy atom. The summed E-state index contributed by atoms with van der Waals surface area (Å²) in [4.78, 5) is 19.8. The largest absolute Gasteiger partial charge is 0.333 e. The van der Waals surface area contributed by atoms with Crippen LogP contribution in [0.5, 0.6) is 0 Å². The van der Waals surface area contributed by atoms with Crippen LogP contribution >= 0.6 is 23.4 Å². The molecule has 112 valence electrons. The summed E-state index contributed by atoms with van der Waals surface area (Å²) in [6.45, 7) is 1.85. The van der Waals surface area contributed by atoms with E-state index < -0.39 is 0 Å². The molecule has 3 rings (SSSR count). The number of rotatable bonds is 4. The van der Waals surface area contributed by atoms with Crippen LogP contribution in [0, 0.1) is 0 Å². The van der Waals surface area contributed by atoms with Gasteiger partial charge in [0.2, 0.25) is 5.91 Å². The molecule has 0 aliphatic heterocycles. The number of anilines is 1. The number of fused-ring (bicyclic) bond motifs is 1. The molecular weight excluding hydrogens is 318 g/mol. The quantitative estimate of drug-likeness (QED) is 0.699. The molecule has 2 aromatic carbocycles. The zero-order chi connectivity index (χ0) is 15.5. The van der Waals surface area contributed by atoms with Gasteiger partial charge in [0, 0.05) is 10.7 Å². The topological polar surface area (TPSA) is 57.8 Å². The summed E-state index contributed by atoms with van der Waals surface area (Å²) in [7, 11) is 0. The summed E-state index contributed by atoms with van der Waals surface area (Å²) in [5, 5.41) is 3.97. The fraction of sp³-hybridized carbons (Fsp3) is 0.125. The lowest BCUT2D eigenvalue weighted by Gasteiger charge is -2.10. The molecule has 0 bridgehead atoms. The molecule has 0 saturated heterocycles. The summed E-state index contributed by atoms with van der Waals surface area (Å²) < 4.78 is 0. The van der Waals surface area contributed by atoms with Crippen LogP contribution in [0.1, 0.15) is 6.92 Å². The number of halogens is 1. The fourth-order valence-electron chi connectivity index (χ4n) is 2.00. The molecule has 3 aromatic rings. The van der Waals surface area contributed by atoms with E-state index in [0.717, 1.165) is 16.7 Å². The third-order valence-corrected chi connectivity index (χ3v) is 4.34. The van der Waals surface area contributed by atoms with Crippen molar-refractivity contribution < 1.29 is 4.79 Å². The van der Waals surface area contributed by atoms with E-state index in [0.29, 0.717) is 10.2 Å². The van der Waals surface area contributed by atoms with Crippen molar-refractivity contribution in [2.75, 3.05) is 5.32 Å². The number of hydrogen-bond donors (Lipinski definition) is 2. The molecule has 0 radical (unpaired) electrons. The van der Waals surface area contributed by atoms with E-state index in [4.69, 9.17) is 11.6 Å². The molecule has 1 unspecified atom stereocenters. The Balaban J connectivity index is 1.69. The first kappa shape index (κ1) is 14.9. The van der Waals surface area contributed by atoms with Crippen LogP contribution in [0.15, 0.2) is 53.7 Å². The van der Waals surface area contributed by atoms with Gasteiger partial charge in [0.05, 0.1) is 16.3 Å². The average molecular weight is 332 g/mol. The van der Waals surface area contributed by atoms with Crippen molar-refractivity contribution in [2.24, 2.45) is 0 Å². The van der Waals surface area contributed by atoms with Crippen molar-refractivity contribution in [1.29, 1.82) is 0 Å². The number of amides is 1. The lowest BCUT2D eigenvalue weighted by atomic mass is 10.3. The zero-order valence-corrected chi connectivity index (χ0v) is 13.4. The molecule has 4 nitrogen and oxygen atoms in total. The molecule has 2 N–H and O–H groups in total. The van der Waals surface area contributed by atoms with Crippen molar-refractivity contribution in [1.82, 2.24) is 9.97 Å². The van der Waals surface area contributed by atoms with Crippen LogP contribution in [-0.2, 0) is 4.79 Å². The van der Waals surface area contributed by atoms with Crippen molar-refractivity contribution in [3.63, 3.8) is 0 Å². The highest BCUT2D eigenvalue weighted by Crippen LogP contribution is 2.25. The maximum absolute atomic E-state index is 12.2. The molecule has 0 saturated carbocycles. The number of hydrogen-bond acceptors (Lipinski definition) is 3. The van der Waals surface area contributed by atoms with Gasteiger partial charge in [-0.25, -0.2) is 4.98 Å². The van der Waals surface area contributed by atoms with E-state index in [1.165, 1.54) is 11.8 Å². The van der Waals surface area contributed by atoms with Gasteiger partial charge in [-0.2, -0.15) is 0 Å². The summed E-state index contributed by atoms with van der Waals surface area (Å²) in [5.74, 6) is -0.0605. The van der Waals surface area contributed by atoms with Crippen LogP contribution in [-0.4, -0.2) is 21.1 Å². The van der Waals surface area contributed by atoms with Gasteiger partial charge in [-0.15, -0.1) is 0 Å². The van der Waals surface area contributed by atoms with Crippen molar-refractivity contribution in [3.05, 3.63) is 53.6 Å². The van der Waals surface area contributed by atoms with Crippen LogP contribution in [0.4, 0.5) is 5.69 Å². The third-order valence-electron chi connectivity index (χ3n) is 3.12. The summed E-state index contributed by atoms with van der Waals surface area (Å²) >= 11 is 7.34. The molecule has 22 heavy (non-hydrogen) atoms. The Labute approximate surface area is 137 Å². The lowest BCUT2D eigenvalue weighted by Crippen LogP contribution is -2.22. The van der Waals surface area contributed by atoms with Gasteiger partial charge < -0.3 is 10.3 Å².